The third-order valence-corrected chi connectivity index (χ3v) is 2.90. The van der Waals surface area contributed by atoms with E-state index >= 15 is 0 Å². The summed E-state index contributed by atoms with van der Waals surface area (Å²) in [5.41, 5.74) is 0. The third-order valence-electron chi connectivity index (χ3n) is 2.90. The van der Waals surface area contributed by atoms with Crippen molar-refractivity contribution < 1.29 is 4.79 Å². The van der Waals surface area contributed by atoms with Crippen LogP contribution in [0.15, 0.2) is 0 Å². The van der Waals surface area contributed by atoms with Crippen molar-refractivity contribution in [3.8, 4) is 0 Å². The lowest BCUT2D eigenvalue weighted by molar-refractivity contribution is -0.127. The Hall–Kier alpha value is -0.570. The molecule has 3 nitrogen and oxygen atoms in total. The molecule has 0 saturated heterocycles. The highest BCUT2D eigenvalue weighted by Gasteiger charge is 2.13. The summed E-state index contributed by atoms with van der Waals surface area (Å²) >= 11 is 0. The van der Waals surface area contributed by atoms with Gasteiger partial charge in [0.2, 0.25) is 5.91 Å². The van der Waals surface area contributed by atoms with E-state index in [2.05, 4.69) is 5.32 Å². The van der Waals surface area contributed by atoms with E-state index in [-0.39, 0.29) is 5.91 Å². The number of rotatable bonds is 3. The number of hydrogen-bond donors (Lipinski definition) is 1. The fraction of sp³-hybridized carbons (Fsp3) is 0.909. The van der Waals surface area contributed by atoms with E-state index in [9.17, 15) is 4.79 Å². The van der Waals surface area contributed by atoms with Crippen molar-refractivity contribution in [1.29, 1.82) is 0 Å². The normalized spacial score (nSPS) is 19.0. The van der Waals surface area contributed by atoms with Crippen LogP contribution in [-0.4, -0.2) is 37.5 Å². The zero-order chi connectivity index (χ0) is 10.4. The smallest absolute Gasteiger partial charge is 0.236 e. The van der Waals surface area contributed by atoms with Gasteiger partial charge >= 0.3 is 0 Å². The monoisotopic (exact) mass is 198 g/mol. The second kappa shape index (κ2) is 6.02. The van der Waals surface area contributed by atoms with E-state index in [4.69, 9.17) is 0 Å². The van der Waals surface area contributed by atoms with Gasteiger partial charge in [-0.15, -0.1) is 0 Å². The molecular formula is C11H22N2O. The maximum absolute atomic E-state index is 11.3. The SMILES string of the molecule is CN(C)C(=O)CNC1CCCCCC1. The molecular weight excluding hydrogens is 176 g/mol. The van der Waals surface area contributed by atoms with Gasteiger partial charge in [0.05, 0.1) is 6.54 Å². The maximum Gasteiger partial charge on any atom is 0.236 e. The fourth-order valence-electron chi connectivity index (χ4n) is 1.87. The number of nitrogens with one attached hydrogen (secondary N) is 1. The highest BCUT2D eigenvalue weighted by Crippen LogP contribution is 2.16. The highest BCUT2D eigenvalue weighted by molar-refractivity contribution is 5.77. The molecule has 3 heteroatoms. The summed E-state index contributed by atoms with van der Waals surface area (Å²) in [6.45, 7) is 0.498. The molecule has 1 aliphatic rings. The molecule has 0 unspecified atom stereocenters. The minimum atomic E-state index is 0.175. The van der Waals surface area contributed by atoms with Crippen LogP contribution in [0.4, 0.5) is 0 Å². The van der Waals surface area contributed by atoms with E-state index in [1.807, 2.05) is 0 Å². The first kappa shape index (κ1) is 11.5. The number of hydrogen-bond acceptors (Lipinski definition) is 2. The molecule has 0 aliphatic heterocycles. The quantitative estimate of drug-likeness (QED) is 0.695. The summed E-state index contributed by atoms with van der Waals surface area (Å²) in [5.74, 6) is 0.175. The first-order valence-corrected chi connectivity index (χ1v) is 5.63. The molecule has 1 fully saturated rings. The predicted molar refractivity (Wildman–Crippen MR) is 58.2 cm³/mol. The molecule has 1 N–H and O–H groups in total. The van der Waals surface area contributed by atoms with E-state index in [0.717, 1.165) is 0 Å². The molecule has 0 aromatic rings. The second-order valence-corrected chi connectivity index (χ2v) is 4.36. The van der Waals surface area contributed by atoms with Crippen molar-refractivity contribution in [2.75, 3.05) is 20.6 Å². The van der Waals surface area contributed by atoms with Crippen molar-refractivity contribution in [3.05, 3.63) is 0 Å². The third kappa shape index (κ3) is 4.09. The fourth-order valence-corrected chi connectivity index (χ4v) is 1.87. The molecule has 0 aromatic heterocycles. The van der Waals surface area contributed by atoms with Crippen molar-refractivity contribution in [1.82, 2.24) is 10.2 Å². The molecule has 82 valence electrons. The van der Waals surface area contributed by atoms with E-state index in [1.54, 1.807) is 19.0 Å². The van der Waals surface area contributed by atoms with E-state index in [1.165, 1.54) is 38.5 Å². The summed E-state index contributed by atoms with van der Waals surface area (Å²) in [7, 11) is 3.61. The van der Waals surface area contributed by atoms with Gasteiger partial charge in [0, 0.05) is 20.1 Å². The number of carbonyl (C=O) groups excluding carboxylic acids is 1. The number of carbonyl (C=O) groups is 1. The molecule has 1 aliphatic carbocycles. The Morgan fingerprint density at radius 3 is 2.29 bits per heavy atom. The van der Waals surface area contributed by atoms with Gasteiger partial charge in [-0.1, -0.05) is 25.7 Å². The Kier molecular flexibility index (Phi) is 4.94. The van der Waals surface area contributed by atoms with Crippen LogP contribution in [0, 0.1) is 0 Å². The average molecular weight is 198 g/mol. The molecule has 1 saturated carbocycles. The minimum absolute atomic E-state index is 0.175. The average Bonchev–Trinajstić information content (AvgIpc) is 2.42. The predicted octanol–water partition coefficient (Wildman–Crippen LogP) is 1.39. The summed E-state index contributed by atoms with van der Waals surface area (Å²) in [5, 5.41) is 3.35. The van der Waals surface area contributed by atoms with Crippen LogP contribution in [0.1, 0.15) is 38.5 Å². The van der Waals surface area contributed by atoms with Gasteiger partial charge in [-0.05, 0) is 12.8 Å². The lowest BCUT2D eigenvalue weighted by Gasteiger charge is -2.17. The topological polar surface area (TPSA) is 32.3 Å². The van der Waals surface area contributed by atoms with Gasteiger partial charge in [-0.25, -0.2) is 0 Å². The second-order valence-electron chi connectivity index (χ2n) is 4.36. The minimum Gasteiger partial charge on any atom is -0.348 e. The first-order valence-electron chi connectivity index (χ1n) is 5.63. The van der Waals surface area contributed by atoms with Gasteiger partial charge in [-0.2, -0.15) is 0 Å². The van der Waals surface area contributed by atoms with Crippen molar-refractivity contribution in [3.63, 3.8) is 0 Å². The number of nitrogens with zero attached hydrogens (tertiary/aromatic N) is 1. The zero-order valence-corrected chi connectivity index (χ0v) is 9.38. The Morgan fingerprint density at radius 1 is 1.21 bits per heavy atom. The van der Waals surface area contributed by atoms with E-state index in [0.29, 0.717) is 12.6 Å². The van der Waals surface area contributed by atoms with Gasteiger partial charge in [0.25, 0.3) is 0 Å². The largest absolute Gasteiger partial charge is 0.348 e. The van der Waals surface area contributed by atoms with Gasteiger partial charge in [-0.3, -0.25) is 4.79 Å². The van der Waals surface area contributed by atoms with Gasteiger partial charge in [0.1, 0.15) is 0 Å². The summed E-state index contributed by atoms with van der Waals surface area (Å²) < 4.78 is 0. The summed E-state index contributed by atoms with van der Waals surface area (Å²) in [6.07, 6.45) is 7.82. The maximum atomic E-state index is 11.3. The summed E-state index contributed by atoms with van der Waals surface area (Å²) in [4.78, 5) is 13.0. The van der Waals surface area contributed by atoms with Gasteiger partial charge in [0.15, 0.2) is 0 Å². The lowest BCUT2D eigenvalue weighted by Crippen LogP contribution is -2.38. The highest BCUT2D eigenvalue weighted by atomic mass is 16.2. The number of likely N-dealkylation sites (N-methyl/N-ethyl adjacent to an activating group) is 1. The molecule has 0 heterocycles. The van der Waals surface area contributed by atoms with Crippen molar-refractivity contribution in [2.24, 2.45) is 0 Å². The Balaban J connectivity index is 2.19. The lowest BCUT2D eigenvalue weighted by atomic mass is 10.1. The summed E-state index contributed by atoms with van der Waals surface area (Å²) in [6, 6.07) is 0.571. The van der Waals surface area contributed by atoms with Crippen LogP contribution >= 0.6 is 0 Å². The van der Waals surface area contributed by atoms with Crippen LogP contribution in [-0.2, 0) is 4.79 Å². The Bertz CT molecular complexity index is 172. The van der Waals surface area contributed by atoms with Crippen molar-refractivity contribution in [2.45, 2.75) is 44.6 Å². The molecule has 0 bridgehead atoms. The first-order chi connectivity index (χ1) is 6.70. The zero-order valence-electron chi connectivity index (χ0n) is 9.38. The molecule has 0 radical (unpaired) electrons. The Labute approximate surface area is 86.9 Å². The molecule has 0 atom stereocenters. The van der Waals surface area contributed by atoms with Crippen LogP contribution < -0.4 is 5.32 Å². The van der Waals surface area contributed by atoms with Gasteiger partial charge < -0.3 is 10.2 Å². The van der Waals surface area contributed by atoms with Crippen LogP contribution in [0.5, 0.6) is 0 Å². The molecule has 0 spiro atoms. The van der Waals surface area contributed by atoms with Crippen LogP contribution in [0.25, 0.3) is 0 Å². The molecule has 0 aromatic carbocycles. The molecule has 1 amide bonds. The molecule has 14 heavy (non-hydrogen) atoms. The number of amides is 1. The van der Waals surface area contributed by atoms with Crippen LogP contribution in [0.3, 0.4) is 0 Å². The molecule has 1 rings (SSSR count). The van der Waals surface area contributed by atoms with Crippen molar-refractivity contribution >= 4 is 5.91 Å². The Morgan fingerprint density at radius 2 is 1.79 bits per heavy atom. The van der Waals surface area contributed by atoms with Crippen LogP contribution in [0.2, 0.25) is 0 Å². The van der Waals surface area contributed by atoms with E-state index < -0.39 is 0 Å². The standard InChI is InChI=1S/C11H22N2O/c1-13(2)11(14)9-12-10-7-5-3-4-6-8-10/h10,12H,3-9H2,1-2H3.